The molecule has 0 bridgehead atoms. The third-order valence-electron chi connectivity index (χ3n) is 4.24. The van der Waals surface area contributed by atoms with E-state index in [1.165, 1.54) is 6.20 Å². The third-order valence-corrected chi connectivity index (χ3v) is 5.99. The van der Waals surface area contributed by atoms with Gasteiger partial charge in [-0.1, -0.05) is 12.1 Å². The van der Waals surface area contributed by atoms with Crippen molar-refractivity contribution < 1.29 is 13.2 Å². The van der Waals surface area contributed by atoms with Gasteiger partial charge in [0.05, 0.1) is 30.0 Å². The van der Waals surface area contributed by atoms with Gasteiger partial charge in [-0.05, 0) is 32.4 Å². The second kappa shape index (κ2) is 7.86. The second-order valence-corrected chi connectivity index (χ2v) is 8.27. The summed E-state index contributed by atoms with van der Waals surface area (Å²) in [5.74, 6) is 2.02. The number of benzene rings is 1. The number of aromatic nitrogens is 3. The van der Waals surface area contributed by atoms with Crippen LogP contribution in [0.5, 0.6) is 5.75 Å². The molecule has 1 aromatic heterocycles. The van der Waals surface area contributed by atoms with E-state index in [2.05, 4.69) is 20.5 Å². The monoisotopic (exact) mass is 377 g/mol. The molecule has 0 amide bonds. The zero-order chi connectivity index (χ0) is 18.6. The minimum atomic E-state index is -2.98. The van der Waals surface area contributed by atoms with Gasteiger partial charge in [0.1, 0.15) is 5.75 Å². The van der Waals surface area contributed by atoms with E-state index in [1.807, 2.05) is 43.0 Å². The number of hydrogen-bond donors (Lipinski definition) is 1. The normalized spacial score (nSPS) is 18.5. The molecule has 1 N–H and O–H groups in total. The first kappa shape index (κ1) is 18.4. The van der Waals surface area contributed by atoms with Gasteiger partial charge in [-0.2, -0.15) is 10.1 Å². The van der Waals surface area contributed by atoms with E-state index in [0.29, 0.717) is 31.3 Å². The van der Waals surface area contributed by atoms with Gasteiger partial charge in [-0.25, -0.2) is 8.42 Å². The first-order valence-electron chi connectivity index (χ1n) is 8.68. The number of nitrogens with one attached hydrogen (secondary N) is 1. The lowest BCUT2D eigenvalue weighted by Gasteiger charge is -2.26. The van der Waals surface area contributed by atoms with Crippen molar-refractivity contribution in [3.05, 3.63) is 30.5 Å². The molecule has 2 aromatic rings. The average Bonchev–Trinajstić information content (AvgIpc) is 2.98. The van der Waals surface area contributed by atoms with Gasteiger partial charge in [-0.3, -0.25) is 0 Å². The minimum absolute atomic E-state index is 0.113. The lowest BCUT2D eigenvalue weighted by atomic mass is 10.2. The quantitative estimate of drug-likeness (QED) is 0.783. The van der Waals surface area contributed by atoms with Crippen molar-refractivity contribution >= 4 is 27.3 Å². The van der Waals surface area contributed by atoms with Crippen molar-refractivity contribution in [2.45, 2.75) is 26.3 Å². The Morgan fingerprint density at radius 2 is 2.12 bits per heavy atom. The maximum atomic E-state index is 11.8. The van der Waals surface area contributed by atoms with Crippen molar-refractivity contribution in [3.63, 3.8) is 0 Å². The van der Waals surface area contributed by atoms with Gasteiger partial charge in [0.15, 0.2) is 15.7 Å². The molecule has 26 heavy (non-hydrogen) atoms. The van der Waals surface area contributed by atoms with Crippen LogP contribution in [0.2, 0.25) is 0 Å². The van der Waals surface area contributed by atoms with Gasteiger partial charge >= 0.3 is 0 Å². The summed E-state index contributed by atoms with van der Waals surface area (Å²) in [4.78, 5) is 6.42. The number of ether oxygens (including phenoxy) is 1. The predicted octanol–water partition coefficient (Wildman–Crippen LogP) is 2.03. The van der Waals surface area contributed by atoms with Crippen LogP contribution in [0.4, 0.5) is 17.5 Å². The molecule has 1 saturated heterocycles. The molecule has 1 fully saturated rings. The highest BCUT2D eigenvalue weighted by atomic mass is 32.2. The highest BCUT2D eigenvalue weighted by Gasteiger charge is 2.33. The van der Waals surface area contributed by atoms with Crippen molar-refractivity contribution in [2.75, 3.05) is 34.9 Å². The standard InChI is InChI=1S/C17H23N5O3S/c1-3-22(13-9-10-26(23,24)12-13)17-20-16(11-18-21-17)19-14-7-5-6-8-15(14)25-4-2/h5-8,11,13H,3-4,9-10,12H2,1-2H3,(H,19,20,21). The molecular formula is C17H23N5O3S. The maximum absolute atomic E-state index is 11.8. The van der Waals surface area contributed by atoms with Gasteiger partial charge in [0.2, 0.25) is 5.95 Å². The summed E-state index contributed by atoms with van der Waals surface area (Å²) in [6.45, 7) is 5.06. The topological polar surface area (TPSA) is 97.3 Å². The molecule has 0 saturated carbocycles. The number of sulfone groups is 1. The Kier molecular flexibility index (Phi) is 5.55. The Hall–Kier alpha value is -2.42. The van der Waals surface area contributed by atoms with E-state index in [9.17, 15) is 8.42 Å². The summed E-state index contributed by atoms with van der Waals surface area (Å²) in [6.07, 6.45) is 2.12. The highest BCUT2D eigenvalue weighted by molar-refractivity contribution is 7.91. The Labute approximate surface area is 153 Å². The first-order chi connectivity index (χ1) is 12.5. The van der Waals surface area contributed by atoms with E-state index < -0.39 is 9.84 Å². The molecule has 1 atom stereocenters. The highest BCUT2D eigenvalue weighted by Crippen LogP contribution is 2.27. The summed E-state index contributed by atoms with van der Waals surface area (Å²) in [6, 6.07) is 7.47. The number of rotatable bonds is 7. The van der Waals surface area contributed by atoms with Gasteiger partial charge < -0.3 is 15.0 Å². The molecule has 0 radical (unpaired) electrons. The van der Waals surface area contributed by atoms with Crippen molar-refractivity contribution in [2.24, 2.45) is 0 Å². The smallest absolute Gasteiger partial charge is 0.247 e. The lowest BCUT2D eigenvalue weighted by Crippen LogP contribution is -2.37. The molecule has 1 unspecified atom stereocenters. The van der Waals surface area contributed by atoms with E-state index in [4.69, 9.17) is 4.74 Å². The number of anilines is 3. The van der Waals surface area contributed by atoms with Crippen LogP contribution in [0.25, 0.3) is 0 Å². The summed E-state index contributed by atoms with van der Waals surface area (Å²) >= 11 is 0. The molecule has 1 aromatic carbocycles. The van der Waals surface area contributed by atoms with E-state index in [0.717, 1.165) is 11.4 Å². The van der Waals surface area contributed by atoms with Crippen LogP contribution in [0.15, 0.2) is 30.5 Å². The molecule has 8 nitrogen and oxygen atoms in total. The maximum Gasteiger partial charge on any atom is 0.247 e. The van der Waals surface area contributed by atoms with Crippen molar-refractivity contribution in [3.8, 4) is 5.75 Å². The molecule has 3 rings (SSSR count). The summed E-state index contributed by atoms with van der Waals surface area (Å²) in [5, 5.41) is 11.3. The van der Waals surface area contributed by atoms with Crippen LogP contribution >= 0.6 is 0 Å². The Balaban J connectivity index is 1.82. The van der Waals surface area contributed by atoms with Crippen LogP contribution in [-0.2, 0) is 9.84 Å². The third kappa shape index (κ3) is 4.21. The zero-order valence-electron chi connectivity index (χ0n) is 14.9. The Morgan fingerprint density at radius 1 is 1.31 bits per heavy atom. The average molecular weight is 377 g/mol. The van der Waals surface area contributed by atoms with E-state index >= 15 is 0 Å². The van der Waals surface area contributed by atoms with E-state index in [-0.39, 0.29) is 17.5 Å². The molecule has 9 heteroatoms. The lowest BCUT2D eigenvalue weighted by molar-refractivity contribution is 0.342. The first-order valence-corrected chi connectivity index (χ1v) is 10.5. The number of para-hydroxylation sites is 2. The van der Waals surface area contributed by atoms with Gasteiger partial charge in [0.25, 0.3) is 0 Å². The van der Waals surface area contributed by atoms with Crippen LogP contribution in [0.3, 0.4) is 0 Å². The molecular weight excluding hydrogens is 354 g/mol. The largest absolute Gasteiger partial charge is 0.492 e. The molecule has 0 aliphatic carbocycles. The molecule has 2 heterocycles. The van der Waals surface area contributed by atoms with Crippen LogP contribution in [0, 0.1) is 0 Å². The molecule has 1 aliphatic rings. The fraction of sp³-hybridized carbons (Fsp3) is 0.471. The predicted molar refractivity (Wildman–Crippen MR) is 101 cm³/mol. The Morgan fingerprint density at radius 3 is 2.81 bits per heavy atom. The minimum Gasteiger partial charge on any atom is -0.492 e. The molecule has 1 aliphatic heterocycles. The fourth-order valence-corrected chi connectivity index (χ4v) is 4.78. The van der Waals surface area contributed by atoms with Crippen LogP contribution in [-0.4, -0.2) is 54.3 Å². The number of nitrogens with zero attached hydrogens (tertiary/aromatic N) is 4. The summed E-state index contributed by atoms with van der Waals surface area (Å²) < 4.78 is 29.2. The van der Waals surface area contributed by atoms with Crippen molar-refractivity contribution in [1.82, 2.24) is 15.2 Å². The van der Waals surface area contributed by atoms with Gasteiger partial charge in [-0.15, -0.1) is 5.10 Å². The second-order valence-electron chi connectivity index (χ2n) is 6.04. The van der Waals surface area contributed by atoms with E-state index in [1.54, 1.807) is 0 Å². The zero-order valence-corrected chi connectivity index (χ0v) is 15.7. The SMILES string of the molecule is CCOc1ccccc1Nc1cnnc(N(CC)C2CCS(=O)(=O)C2)n1. The summed E-state index contributed by atoms with van der Waals surface area (Å²) in [5.41, 5.74) is 0.785. The van der Waals surface area contributed by atoms with Crippen molar-refractivity contribution in [1.29, 1.82) is 0 Å². The summed E-state index contributed by atoms with van der Waals surface area (Å²) in [7, 11) is -2.98. The molecule has 0 spiro atoms. The Bertz CT molecular complexity index is 859. The van der Waals surface area contributed by atoms with Gasteiger partial charge in [0, 0.05) is 12.6 Å². The molecule has 140 valence electrons. The fourth-order valence-electron chi connectivity index (χ4n) is 3.05. The van der Waals surface area contributed by atoms with Crippen LogP contribution in [0.1, 0.15) is 20.3 Å². The van der Waals surface area contributed by atoms with Crippen LogP contribution < -0.4 is 15.0 Å². The number of hydrogen-bond acceptors (Lipinski definition) is 8.